The summed E-state index contributed by atoms with van der Waals surface area (Å²) < 4.78 is 0. The maximum absolute atomic E-state index is 2.46. The Kier molecular flexibility index (Phi) is 8.73. The quantitative estimate of drug-likeness (QED) is 0.518. The summed E-state index contributed by atoms with van der Waals surface area (Å²) >= 11 is 0. The number of rotatable bonds is 4. The van der Waals surface area contributed by atoms with Gasteiger partial charge < -0.3 is 0 Å². The SMILES string of the molecule is CC.CCCC(C)C1CCC(C2=CCC=C(C)C=C2)CC1. The second-order valence-electron chi connectivity index (χ2n) is 6.60. The molecule has 1 fully saturated rings. The standard InChI is InChI=1S/C19H30.C2H6/c1-4-6-16(3)17-11-13-19(14-12-17)18-8-5-7-15(2)9-10-18;1-2/h7-10,16-17,19H,4-6,11-14H2,1-3H3;1-2H3. The van der Waals surface area contributed by atoms with Crippen molar-refractivity contribution in [3.8, 4) is 0 Å². The second kappa shape index (κ2) is 10.0. The Bertz CT molecular complexity index is 361. The third-order valence-corrected chi connectivity index (χ3v) is 5.12. The molecule has 2 aliphatic rings. The molecule has 1 saturated carbocycles. The molecule has 2 rings (SSSR count). The molecular weight excluding hydrogens is 252 g/mol. The minimum absolute atomic E-state index is 0.834. The first-order valence-corrected chi connectivity index (χ1v) is 9.25. The Morgan fingerprint density at radius 1 is 1.05 bits per heavy atom. The Hall–Kier alpha value is -0.780. The third-order valence-electron chi connectivity index (χ3n) is 5.12. The van der Waals surface area contributed by atoms with Crippen molar-refractivity contribution in [1.82, 2.24) is 0 Å². The molecule has 1 atom stereocenters. The molecule has 0 aromatic rings. The van der Waals surface area contributed by atoms with E-state index in [0.717, 1.165) is 24.2 Å². The summed E-state index contributed by atoms with van der Waals surface area (Å²) in [6, 6.07) is 0. The largest absolute Gasteiger partial charge is 0.0778 e. The van der Waals surface area contributed by atoms with Crippen LogP contribution in [-0.2, 0) is 0 Å². The van der Waals surface area contributed by atoms with Gasteiger partial charge in [-0.25, -0.2) is 0 Å². The van der Waals surface area contributed by atoms with Crippen molar-refractivity contribution in [2.45, 2.75) is 79.6 Å². The molecular formula is C21H36. The van der Waals surface area contributed by atoms with Crippen LogP contribution in [0.4, 0.5) is 0 Å². The third kappa shape index (κ3) is 5.85. The summed E-state index contributed by atoms with van der Waals surface area (Å²) in [4.78, 5) is 0. The second-order valence-corrected chi connectivity index (χ2v) is 6.60. The predicted molar refractivity (Wildman–Crippen MR) is 96.5 cm³/mol. The van der Waals surface area contributed by atoms with E-state index >= 15 is 0 Å². The van der Waals surface area contributed by atoms with Crippen LogP contribution < -0.4 is 0 Å². The van der Waals surface area contributed by atoms with E-state index < -0.39 is 0 Å². The van der Waals surface area contributed by atoms with Crippen LogP contribution in [0.2, 0.25) is 0 Å². The lowest BCUT2D eigenvalue weighted by Gasteiger charge is -2.33. The van der Waals surface area contributed by atoms with E-state index in [0.29, 0.717) is 0 Å². The Morgan fingerprint density at radius 2 is 1.71 bits per heavy atom. The molecule has 120 valence electrons. The van der Waals surface area contributed by atoms with E-state index in [1.807, 2.05) is 13.8 Å². The average Bonchev–Trinajstić information content (AvgIpc) is 2.74. The van der Waals surface area contributed by atoms with Gasteiger partial charge >= 0.3 is 0 Å². The van der Waals surface area contributed by atoms with Crippen LogP contribution in [0.15, 0.2) is 35.5 Å². The highest BCUT2D eigenvalue weighted by atomic mass is 14.3. The molecule has 0 heteroatoms. The monoisotopic (exact) mass is 288 g/mol. The van der Waals surface area contributed by atoms with Crippen LogP contribution in [0, 0.1) is 17.8 Å². The summed E-state index contributed by atoms with van der Waals surface area (Å²) in [5, 5.41) is 0. The molecule has 1 unspecified atom stereocenters. The van der Waals surface area contributed by atoms with Crippen molar-refractivity contribution in [3.63, 3.8) is 0 Å². The number of hydrogen-bond donors (Lipinski definition) is 0. The van der Waals surface area contributed by atoms with E-state index in [9.17, 15) is 0 Å². The molecule has 0 heterocycles. The van der Waals surface area contributed by atoms with Crippen molar-refractivity contribution in [3.05, 3.63) is 35.5 Å². The lowest BCUT2D eigenvalue weighted by Crippen LogP contribution is -2.20. The fourth-order valence-corrected chi connectivity index (χ4v) is 3.76. The lowest BCUT2D eigenvalue weighted by molar-refractivity contribution is 0.222. The van der Waals surface area contributed by atoms with Gasteiger partial charge in [-0.3, -0.25) is 0 Å². The lowest BCUT2D eigenvalue weighted by atomic mass is 9.73. The molecule has 0 N–H and O–H groups in total. The van der Waals surface area contributed by atoms with E-state index in [1.54, 1.807) is 5.57 Å². The fourth-order valence-electron chi connectivity index (χ4n) is 3.76. The van der Waals surface area contributed by atoms with Gasteiger partial charge in [0.15, 0.2) is 0 Å². The van der Waals surface area contributed by atoms with Gasteiger partial charge in [-0.15, -0.1) is 0 Å². The van der Waals surface area contributed by atoms with Crippen LogP contribution in [0.25, 0.3) is 0 Å². The topological polar surface area (TPSA) is 0 Å². The smallest absolute Gasteiger partial charge is 0.0158 e. The highest BCUT2D eigenvalue weighted by molar-refractivity contribution is 5.32. The molecule has 0 nitrogen and oxygen atoms in total. The van der Waals surface area contributed by atoms with Crippen LogP contribution in [-0.4, -0.2) is 0 Å². The summed E-state index contributed by atoms with van der Waals surface area (Å²) in [7, 11) is 0. The molecule has 0 aromatic heterocycles. The zero-order valence-corrected chi connectivity index (χ0v) is 15.0. The molecule has 0 aromatic carbocycles. The highest BCUT2D eigenvalue weighted by Gasteiger charge is 2.25. The normalized spacial score (nSPS) is 26.9. The van der Waals surface area contributed by atoms with Gasteiger partial charge in [-0.05, 0) is 62.4 Å². The van der Waals surface area contributed by atoms with Gasteiger partial charge in [0, 0.05) is 0 Å². The molecule has 0 radical (unpaired) electrons. The van der Waals surface area contributed by atoms with Gasteiger partial charge in [-0.1, -0.05) is 70.4 Å². The fraction of sp³-hybridized carbons (Fsp3) is 0.714. The number of hydrogen-bond acceptors (Lipinski definition) is 0. The Labute approximate surface area is 133 Å². The maximum atomic E-state index is 2.46. The minimum atomic E-state index is 0.834. The highest BCUT2D eigenvalue weighted by Crippen LogP contribution is 2.38. The summed E-state index contributed by atoms with van der Waals surface area (Å²) in [6.45, 7) is 11.0. The van der Waals surface area contributed by atoms with Crippen molar-refractivity contribution < 1.29 is 0 Å². The number of allylic oxidation sites excluding steroid dienone is 6. The van der Waals surface area contributed by atoms with Crippen LogP contribution in [0.3, 0.4) is 0 Å². The molecule has 0 aliphatic heterocycles. The van der Waals surface area contributed by atoms with Crippen molar-refractivity contribution in [1.29, 1.82) is 0 Å². The minimum Gasteiger partial charge on any atom is -0.0778 e. The first kappa shape index (κ1) is 18.3. The molecule has 0 amide bonds. The van der Waals surface area contributed by atoms with E-state index in [1.165, 1.54) is 44.1 Å². The van der Waals surface area contributed by atoms with Crippen LogP contribution in [0.5, 0.6) is 0 Å². The average molecular weight is 289 g/mol. The van der Waals surface area contributed by atoms with Gasteiger partial charge in [0.1, 0.15) is 0 Å². The van der Waals surface area contributed by atoms with Crippen molar-refractivity contribution >= 4 is 0 Å². The van der Waals surface area contributed by atoms with Crippen molar-refractivity contribution in [2.24, 2.45) is 17.8 Å². The first-order valence-electron chi connectivity index (χ1n) is 9.25. The summed E-state index contributed by atoms with van der Waals surface area (Å²) in [6.07, 6.45) is 19.1. The van der Waals surface area contributed by atoms with Gasteiger partial charge in [-0.2, -0.15) is 0 Å². The van der Waals surface area contributed by atoms with Crippen LogP contribution in [0.1, 0.15) is 79.6 Å². The molecule has 0 spiro atoms. The summed E-state index contributed by atoms with van der Waals surface area (Å²) in [5.41, 5.74) is 3.02. The first-order chi connectivity index (χ1) is 10.2. The Balaban J connectivity index is 0.00000106. The van der Waals surface area contributed by atoms with E-state index in [4.69, 9.17) is 0 Å². The maximum Gasteiger partial charge on any atom is -0.0158 e. The predicted octanol–water partition coefficient (Wildman–Crippen LogP) is 7.09. The van der Waals surface area contributed by atoms with Gasteiger partial charge in [0.25, 0.3) is 0 Å². The Morgan fingerprint density at radius 3 is 2.33 bits per heavy atom. The zero-order chi connectivity index (χ0) is 15.7. The van der Waals surface area contributed by atoms with Gasteiger partial charge in [0.05, 0.1) is 0 Å². The van der Waals surface area contributed by atoms with E-state index in [-0.39, 0.29) is 0 Å². The molecule has 0 saturated heterocycles. The van der Waals surface area contributed by atoms with Crippen LogP contribution >= 0.6 is 0 Å². The molecule has 0 bridgehead atoms. The van der Waals surface area contributed by atoms with Gasteiger partial charge in [0.2, 0.25) is 0 Å². The molecule has 2 aliphatic carbocycles. The molecule has 21 heavy (non-hydrogen) atoms. The zero-order valence-electron chi connectivity index (χ0n) is 15.0. The summed E-state index contributed by atoms with van der Waals surface area (Å²) in [5.74, 6) is 2.76. The van der Waals surface area contributed by atoms with Crippen molar-refractivity contribution in [2.75, 3.05) is 0 Å². The van der Waals surface area contributed by atoms with E-state index in [2.05, 4.69) is 45.1 Å².